The van der Waals surface area contributed by atoms with Crippen molar-refractivity contribution in [2.75, 3.05) is 13.1 Å². The molecule has 1 saturated heterocycles. The number of nitrogens with one attached hydrogen (secondary N) is 1. The van der Waals surface area contributed by atoms with Crippen molar-refractivity contribution in [1.29, 1.82) is 0 Å². The van der Waals surface area contributed by atoms with Gasteiger partial charge >= 0.3 is 5.91 Å². The van der Waals surface area contributed by atoms with Crippen LogP contribution < -0.4 is 5.32 Å². The Balaban J connectivity index is 2.21. The summed E-state index contributed by atoms with van der Waals surface area (Å²) >= 11 is 0. The molecule has 4 heteroatoms. The number of rotatable bonds is 3. The smallest absolute Gasteiger partial charge is 0.345 e. The van der Waals surface area contributed by atoms with E-state index in [1.165, 1.54) is 0 Å². The van der Waals surface area contributed by atoms with Gasteiger partial charge in [0, 0.05) is 5.56 Å². The maximum absolute atomic E-state index is 13.0. The lowest BCUT2D eigenvalue weighted by molar-refractivity contribution is -0.893. The molecular formula is C16H21N2O2+. The van der Waals surface area contributed by atoms with Gasteiger partial charge in [-0.05, 0) is 18.9 Å². The van der Waals surface area contributed by atoms with Crippen LogP contribution in [0.25, 0.3) is 0 Å². The second kappa shape index (κ2) is 4.70. The van der Waals surface area contributed by atoms with Crippen LogP contribution in [0.5, 0.6) is 0 Å². The fraction of sp³-hybridized carbons (Fsp3) is 0.500. The van der Waals surface area contributed by atoms with Crippen molar-refractivity contribution in [2.24, 2.45) is 0 Å². The lowest BCUT2D eigenvalue weighted by Gasteiger charge is -2.46. The first kappa shape index (κ1) is 13.3. The number of nitrogens with zero attached hydrogens (tertiary/aromatic N) is 1. The Kier molecular flexibility index (Phi) is 3.13. The maximum Gasteiger partial charge on any atom is 0.347 e. The molecule has 3 atom stereocenters. The second-order valence-corrected chi connectivity index (χ2v) is 5.76. The lowest BCUT2D eigenvalue weighted by Crippen LogP contribution is -2.67. The van der Waals surface area contributed by atoms with Crippen molar-refractivity contribution in [1.82, 2.24) is 5.32 Å². The van der Waals surface area contributed by atoms with Crippen LogP contribution in [0.2, 0.25) is 0 Å². The molecule has 1 fully saturated rings. The first-order valence-corrected chi connectivity index (χ1v) is 7.45. The van der Waals surface area contributed by atoms with E-state index in [1.54, 1.807) is 0 Å². The van der Waals surface area contributed by atoms with E-state index in [-0.39, 0.29) is 23.9 Å². The van der Waals surface area contributed by atoms with Crippen molar-refractivity contribution in [3.63, 3.8) is 0 Å². The predicted octanol–water partition coefficient (Wildman–Crippen LogP) is 2.02. The minimum Gasteiger partial charge on any atom is -0.345 e. The van der Waals surface area contributed by atoms with Gasteiger partial charge < -0.3 is 5.32 Å². The summed E-state index contributed by atoms with van der Waals surface area (Å²) in [6, 6.07) is 7.43. The topological polar surface area (TPSA) is 46.2 Å². The molecule has 1 N–H and O–H groups in total. The van der Waals surface area contributed by atoms with Crippen molar-refractivity contribution in [3.05, 3.63) is 35.4 Å². The Bertz CT molecular complexity index is 569. The average Bonchev–Trinajstić information content (AvgIpc) is 2.72. The van der Waals surface area contributed by atoms with Gasteiger partial charge in [0.15, 0.2) is 0 Å². The third-order valence-electron chi connectivity index (χ3n) is 4.80. The van der Waals surface area contributed by atoms with E-state index in [4.69, 9.17) is 0 Å². The summed E-state index contributed by atoms with van der Waals surface area (Å²) in [6.45, 7) is 5.53. The van der Waals surface area contributed by atoms with Gasteiger partial charge in [0.1, 0.15) is 6.04 Å². The predicted molar refractivity (Wildman–Crippen MR) is 76.0 cm³/mol. The number of carbonyl (C=O) groups is 2. The molecular weight excluding hydrogens is 252 g/mol. The molecule has 0 aliphatic carbocycles. The molecule has 3 rings (SSSR count). The molecule has 2 aliphatic heterocycles. The zero-order valence-corrected chi connectivity index (χ0v) is 12.1. The van der Waals surface area contributed by atoms with Crippen LogP contribution in [0.3, 0.4) is 0 Å². The summed E-state index contributed by atoms with van der Waals surface area (Å²) in [5.41, 5.74) is 1.64. The lowest BCUT2D eigenvalue weighted by atomic mass is 9.97. The number of hydrogen-bond acceptors (Lipinski definition) is 2. The molecule has 0 bridgehead atoms. The van der Waals surface area contributed by atoms with Gasteiger partial charge in [-0.15, -0.1) is 0 Å². The standard InChI is InChI=1S/C16H20N2O2/c1-3-9-18-11(4-2)10-17-15(19)14(18)12-7-5-6-8-13(12)16(18)20/h5-8,11,14H,3-4,9-10H2,1-2H3/p+1. The highest BCUT2D eigenvalue weighted by molar-refractivity contribution is 6.00. The number of fused-ring (bicyclic) bond motifs is 3. The number of carbonyl (C=O) groups excluding carboxylic acids is 2. The van der Waals surface area contributed by atoms with Crippen molar-refractivity contribution >= 4 is 11.8 Å². The van der Waals surface area contributed by atoms with E-state index < -0.39 is 0 Å². The number of quaternary nitrogens is 1. The first-order chi connectivity index (χ1) is 9.66. The highest BCUT2D eigenvalue weighted by atomic mass is 16.2. The minimum absolute atomic E-state index is 0.00134. The molecule has 0 radical (unpaired) electrons. The average molecular weight is 273 g/mol. The molecule has 2 amide bonds. The number of benzene rings is 1. The summed E-state index contributed by atoms with van der Waals surface area (Å²) in [4.78, 5) is 25.5. The van der Waals surface area contributed by atoms with Gasteiger partial charge in [-0.3, -0.25) is 4.79 Å². The summed E-state index contributed by atoms with van der Waals surface area (Å²) < 4.78 is 0.304. The molecule has 0 aromatic heterocycles. The summed E-state index contributed by atoms with van der Waals surface area (Å²) in [6.07, 6.45) is 1.80. The van der Waals surface area contributed by atoms with Crippen molar-refractivity contribution in [2.45, 2.75) is 38.8 Å². The molecule has 4 nitrogen and oxygen atoms in total. The third-order valence-corrected chi connectivity index (χ3v) is 4.80. The number of piperazine rings is 1. The fourth-order valence-electron chi connectivity index (χ4n) is 3.98. The van der Waals surface area contributed by atoms with Crippen LogP contribution >= 0.6 is 0 Å². The van der Waals surface area contributed by atoms with Gasteiger partial charge in [-0.1, -0.05) is 32.0 Å². The molecule has 0 saturated carbocycles. The molecule has 2 aliphatic rings. The Morgan fingerprint density at radius 3 is 2.70 bits per heavy atom. The van der Waals surface area contributed by atoms with E-state index in [0.29, 0.717) is 11.0 Å². The third kappa shape index (κ3) is 1.51. The molecule has 2 heterocycles. The molecule has 1 aromatic rings. The van der Waals surface area contributed by atoms with Crippen LogP contribution in [0, 0.1) is 0 Å². The summed E-state index contributed by atoms with van der Waals surface area (Å²) in [5, 5.41) is 2.99. The molecule has 106 valence electrons. The van der Waals surface area contributed by atoms with E-state index in [2.05, 4.69) is 19.2 Å². The minimum atomic E-state index is -0.350. The van der Waals surface area contributed by atoms with Crippen LogP contribution in [-0.4, -0.2) is 35.4 Å². The number of amides is 2. The van der Waals surface area contributed by atoms with E-state index in [0.717, 1.165) is 30.5 Å². The van der Waals surface area contributed by atoms with Gasteiger partial charge in [0.05, 0.1) is 18.7 Å². The Morgan fingerprint density at radius 1 is 1.25 bits per heavy atom. The van der Waals surface area contributed by atoms with Crippen LogP contribution in [0.1, 0.15) is 48.7 Å². The fourth-order valence-corrected chi connectivity index (χ4v) is 3.98. The molecule has 20 heavy (non-hydrogen) atoms. The number of hydrogen-bond donors (Lipinski definition) is 1. The van der Waals surface area contributed by atoms with Crippen LogP contribution in [0.15, 0.2) is 24.3 Å². The highest BCUT2D eigenvalue weighted by Gasteiger charge is 2.61. The summed E-state index contributed by atoms with van der Waals surface area (Å²) in [5.74, 6) is 0.135. The van der Waals surface area contributed by atoms with Crippen LogP contribution in [0.4, 0.5) is 0 Å². The van der Waals surface area contributed by atoms with Crippen LogP contribution in [-0.2, 0) is 4.79 Å². The molecule has 0 spiro atoms. The van der Waals surface area contributed by atoms with E-state index >= 15 is 0 Å². The SMILES string of the molecule is CCC[N+]12C(=O)c3ccccc3C1C(=O)NCC2CC. The van der Waals surface area contributed by atoms with E-state index in [1.807, 2.05) is 24.3 Å². The maximum atomic E-state index is 13.0. The molecule has 3 unspecified atom stereocenters. The van der Waals surface area contributed by atoms with Crippen molar-refractivity contribution in [3.8, 4) is 0 Å². The van der Waals surface area contributed by atoms with Gasteiger partial charge in [-0.25, -0.2) is 9.28 Å². The van der Waals surface area contributed by atoms with Gasteiger partial charge in [0.25, 0.3) is 5.91 Å². The first-order valence-electron chi connectivity index (χ1n) is 7.45. The van der Waals surface area contributed by atoms with Crippen molar-refractivity contribution < 1.29 is 14.1 Å². The quantitative estimate of drug-likeness (QED) is 0.856. The zero-order chi connectivity index (χ0) is 14.3. The normalized spacial score (nSPS) is 31.7. The Hall–Kier alpha value is -1.68. The Morgan fingerprint density at radius 2 is 2.00 bits per heavy atom. The highest BCUT2D eigenvalue weighted by Crippen LogP contribution is 2.45. The molecule has 1 aromatic carbocycles. The van der Waals surface area contributed by atoms with Gasteiger partial charge in [-0.2, -0.15) is 0 Å². The van der Waals surface area contributed by atoms with Gasteiger partial charge in [0.2, 0.25) is 6.04 Å². The Labute approximate surface area is 119 Å². The van der Waals surface area contributed by atoms with E-state index in [9.17, 15) is 9.59 Å². The largest absolute Gasteiger partial charge is 0.347 e. The second-order valence-electron chi connectivity index (χ2n) is 5.76. The summed E-state index contributed by atoms with van der Waals surface area (Å²) in [7, 11) is 0. The zero-order valence-electron chi connectivity index (χ0n) is 12.1. The monoisotopic (exact) mass is 273 g/mol.